The van der Waals surface area contributed by atoms with Crippen molar-refractivity contribution in [2.45, 2.75) is 58.1 Å². The number of unbranched alkanes of at least 4 members (excludes halogenated alkanes) is 2. The summed E-state index contributed by atoms with van der Waals surface area (Å²) in [5, 5.41) is 11.4. The van der Waals surface area contributed by atoms with Gasteiger partial charge in [-0.3, -0.25) is 9.59 Å². The van der Waals surface area contributed by atoms with Crippen molar-refractivity contribution in [2.24, 2.45) is 0 Å². The van der Waals surface area contributed by atoms with Crippen molar-refractivity contribution in [3.63, 3.8) is 0 Å². The number of carbonyl (C=O) groups excluding carboxylic acids is 2. The molecule has 1 fully saturated rings. The lowest BCUT2D eigenvalue weighted by Crippen LogP contribution is -2.32. The van der Waals surface area contributed by atoms with Gasteiger partial charge >= 0.3 is 0 Å². The summed E-state index contributed by atoms with van der Waals surface area (Å²) >= 11 is 0. The largest absolute Gasteiger partial charge is 0.507 e. The molecule has 1 N–H and O–H groups in total. The molecule has 0 aliphatic carbocycles. The van der Waals surface area contributed by atoms with Gasteiger partial charge < -0.3 is 24.4 Å². The van der Waals surface area contributed by atoms with Crippen LogP contribution < -0.4 is 9.47 Å². The van der Waals surface area contributed by atoms with Gasteiger partial charge in [-0.2, -0.15) is 0 Å². The molecular weight excluding hydrogens is 468 g/mol. The highest BCUT2D eigenvalue weighted by Crippen LogP contribution is 2.41. The van der Waals surface area contributed by atoms with Crippen molar-refractivity contribution >= 4 is 17.4 Å². The number of fused-ring (bicyclic) bond motifs is 1. The number of aliphatic hydroxyl groups is 1. The third-order valence-electron chi connectivity index (χ3n) is 6.90. The van der Waals surface area contributed by atoms with E-state index in [2.05, 4.69) is 6.92 Å². The van der Waals surface area contributed by atoms with Crippen molar-refractivity contribution in [2.75, 3.05) is 33.8 Å². The van der Waals surface area contributed by atoms with E-state index < -0.39 is 17.7 Å². The van der Waals surface area contributed by atoms with Crippen LogP contribution in [-0.4, -0.2) is 66.5 Å². The number of ether oxygens (including phenoxy) is 2. The molecule has 0 saturated carbocycles. The van der Waals surface area contributed by atoms with Crippen LogP contribution in [0.5, 0.6) is 11.5 Å². The van der Waals surface area contributed by atoms with E-state index in [9.17, 15) is 14.7 Å². The fourth-order valence-electron chi connectivity index (χ4n) is 5.06. The summed E-state index contributed by atoms with van der Waals surface area (Å²) in [4.78, 5) is 30.2. The molecule has 0 radical (unpaired) electrons. The van der Waals surface area contributed by atoms with E-state index in [-0.39, 0.29) is 17.4 Å². The molecule has 2 aromatic carbocycles. The summed E-state index contributed by atoms with van der Waals surface area (Å²) in [6.45, 7) is 5.93. The summed E-state index contributed by atoms with van der Waals surface area (Å²) < 4.78 is 11.8. The Hall–Kier alpha value is -3.32. The Balaban J connectivity index is 1.72. The number of hydrogen-bond acceptors (Lipinski definition) is 6. The Kier molecular flexibility index (Phi) is 8.54. The summed E-state index contributed by atoms with van der Waals surface area (Å²) in [7, 11) is 3.95. The molecule has 0 bridgehead atoms. The number of benzene rings is 2. The molecular formula is C30H38N2O5. The zero-order valence-corrected chi connectivity index (χ0v) is 22.3. The van der Waals surface area contributed by atoms with Crippen LogP contribution in [0.2, 0.25) is 0 Å². The third-order valence-corrected chi connectivity index (χ3v) is 6.90. The first-order valence-corrected chi connectivity index (χ1v) is 13.3. The van der Waals surface area contributed by atoms with Crippen molar-refractivity contribution in [3.05, 3.63) is 64.7 Å². The zero-order chi connectivity index (χ0) is 26.5. The van der Waals surface area contributed by atoms with Gasteiger partial charge in [0, 0.05) is 18.5 Å². The summed E-state index contributed by atoms with van der Waals surface area (Å²) in [6, 6.07) is 12.3. The Morgan fingerprint density at radius 2 is 1.95 bits per heavy atom. The summed E-state index contributed by atoms with van der Waals surface area (Å²) in [5.74, 6) is 0.0771. The van der Waals surface area contributed by atoms with Crippen LogP contribution in [0, 0.1) is 0 Å². The molecule has 37 heavy (non-hydrogen) atoms. The minimum atomic E-state index is -0.690. The van der Waals surface area contributed by atoms with E-state index in [0.29, 0.717) is 30.9 Å². The molecule has 2 atom stereocenters. The molecule has 2 heterocycles. The predicted octanol–water partition coefficient (Wildman–Crippen LogP) is 4.95. The van der Waals surface area contributed by atoms with Gasteiger partial charge in [0.15, 0.2) is 0 Å². The van der Waals surface area contributed by atoms with Gasteiger partial charge in [-0.05, 0) is 81.9 Å². The third kappa shape index (κ3) is 5.99. The SMILES string of the molecule is CCCCCOc1cccc([C@H]2/C(=C(\O)c3ccc4c(c3)C[C@H](C)O4)C(=O)C(=O)N2CCCN(C)C)c1. The van der Waals surface area contributed by atoms with Crippen LogP contribution in [0.3, 0.4) is 0 Å². The highest BCUT2D eigenvalue weighted by atomic mass is 16.5. The molecule has 1 saturated heterocycles. The molecule has 2 aliphatic heterocycles. The van der Waals surface area contributed by atoms with E-state index in [0.717, 1.165) is 49.1 Å². The van der Waals surface area contributed by atoms with Crippen LogP contribution in [-0.2, 0) is 16.0 Å². The van der Waals surface area contributed by atoms with Crippen molar-refractivity contribution in [3.8, 4) is 11.5 Å². The maximum atomic E-state index is 13.4. The van der Waals surface area contributed by atoms with Crippen LogP contribution >= 0.6 is 0 Å². The predicted molar refractivity (Wildman–Crippen MR) is 144 cm³/mol. The van der Waals surface area contributed by atoms with E-state index in [1.165, 1.54) is 0 Å². The van der Waals surface area contributed by atoms with Gasteiger partial charge in [0.25, 0.3) is 11.7 Å². The number of likely N-dealkylation sites (tertiary alicyclic amines) is 1. The number of aliphatic hydroxyl groups excluding tert-OH is 1. The van der Waals surface area contributed by atoms with Gasteiger partial charge in [-0.15, -0.1) is 0 Å². The Morgan fingerprint density at radius 3 is 2.70 bits per heavy atom. The fourth-order valence-corrected chi connectivity index (χ4v) is 5.06. The standard InChI is InChI=1S/C30H38N2O5/c1-5-6-7-16-36-24-11-8-10-21(19-24)27-26(29(34)30(35)32(27)15-9-14-31(3)4)28(33)22-12-13-25-23(18-22)17-20(2)37-25/h8,10-13,18-20,27,33H,5-7,9,14-17H2,1-4H3/b28-26+/t20-,27-/m0/s1. The highest BCUT2D eigenvalue weighted by Gasteiger charge is 2.46. The number of amides is 1. The average Bonchev–Trinajstić information content (AvgIpc) is 3.37. The Bertz CT molecular complexity index is 1170. The topological polar surface area (TPSA) is 79.3 Å². The molecule has 0 aromatic heterocycles. The minimum absolute atomic E-state index is 0.0646. The van der Waals surface area contributed by atoms with Crippen LogP contribution in [0.4, 0.5) is 0 Å². The fraction of sp³-hybridized carbons (Fsp3) is 0.467. The lowest BCUT2D eigenvalue weighted by molar-refractivity contribution is -0.139. The first-order valence-electron chi connectivity index (χ1n) is 13.3. The van der Waals surface area contributed by atoms with Gasteiger partial charge in [0.2, 0.25) is 0 Å². The second kappa shape index (κ2) is 11.8. The molecule has 198 valence electrons. The van der Waals surface area contributed by atoms with Crippen LogP contribution in [0.15, 0.2) is 48.0 Å². The highest BCUT2D eigenvalue weighted by molar-refractivity contribution is 6.46. The second-order valence-corrected chi connectivity index (χ2v) is 10.2. The van der Waals surface area contributed by atoms with Gasteiger partial charge in [-0.25, -0.2) is 0 Å². The zero-order valence-electron chi connectivity index (χ0n) is 22.3. The van der Waals surface area contributed by atoms with Gasteiger partial charge in [0.05, 0.1) is 18.2 Å². The molecule has 4 rings (SSSR count). The molecule has 7 heteroatoms. The first kappa shape index (κ1) is 26.7. The molecule has 0 unspecified atom stereocenters. The number of Topliss-reactive ketones (excluding diaryl/α,β-unsaturated/α-hetero) is 1. The van der Waals surface area contributed by atoms with E-state index in [1.807, 2.05) is 62.3 Å². The number of nitrogens with zero attached hydrogens (tertiary/aromatic N) is 2. The summed E-state index contributed by atoms with van der Waals surface area (Å²) in [5.41, 5.74) is 2.36. The number of carbonyl (C=O) groups is 2. The van der Waals surface area contributed by atoms with E-state index in [4.69, 9.17) is 9.47 Å². The van der Waals surface area contributed by atoms with Gasteiger partial charge in [0.1, 0.15) is 23.4 Å². The lowest BCUT2D eigenvalue weighted by atomic mass is 9.94. The molecule has 2 aromatic rings. The normalized spacial score (nSPS) is 20.4. The maximum absolute atomic E-state index is 13.4. The monoisotopic (exact) mass is 506 g/mol. The quantitative estimate of drug-likeness (QED) is 0.201. The van der Waals surface area contributed by atoms with Crippen LogP contribution in [0.1, 0.15) is 62.3 Å². The minimum Gasteiger partial charge on any atom is -0.507 e. The molecule has 1 amide bonds. The lowest BCUT2D eigenvalue weighted by Gasteiger charge is -2.26. The Labute approximate surface area is 219 Å². The molecule has 7 nitrogen and oxygen atoms in total. The Morgan fingerprint density at radius 1 is 1.14 bits per heavy atom. The summed E-state index contributed by atoms with van der Waals surface area (Å²) in [6.07, 6.45) is 4.67. The van der Waals surface area contributed by atoms with Gasteiger partial charge in [-0.1, -0.05) is 31.9 Å². The number of ketones is 1. The maximum Gasteiger partial charge on any atom is 0.295 e. The molecule has 2 aliphatic rings. The smallest absolute Gasteiger partial charge is 0.295 e. The van der Waals surface area contributed by atoms with E-state index >= 15 is 0 Å². The first-order chi connectivity index (χ1) is 17.8. The number of rotatable bonds is 11. The second-order valence-electron chi connectivity index (χ2n) is 10.2. The van der Waals surface area contributed by atoms with Crippen molar-refractivity contribution in [1.29, 1.82) is 0 Å². The van der Waals surface area contributed by atoms with Crippen molar-refractivity contribution < 1.29 is 24.2 Å². The van der Waals surface area contributed by atoms with Crippen molar-refractivity contribution in [1.82, 2.24) is 9.80 Å². The average molecular weight is 507 g/mol. The van der Waals surface area contributed by atoms with E-state index in [1.54, 1.807) is 11.0 Å². The molecule has 0 spiro atoms. The number of hydrogen-bond donors (Lipinski definition) is 1. The van der Waals surface area contributed by atoms with Crippen LogP contribution in [0.25, 0.3) is 5.76 Å².